The molecule has 1 aromatic rings. The third-order valence-corrected chi connectivity index (χ3v) is 7.46. The molecule has 1 saturated carbocycles. The van der Waals surface area contributed by atoms with E-state index in [-0.39, 0.29) is 5.56 Å². The molecule has 5 N–H and O–H groups in total. The Bertz CT molecular complexity index is 1030. The molecule has 0 unspecified atom stereocenters. The quantitative estimate of drug-likeness (QED) is 0.191. The number of rotatable bonds is 8. The molecule has 204 valence electrons. The van der Waals surface area contributed by atoms with Crippen LogP contribution in [-0.2, 0) is 23.7 Å². The summed E-state index contributed by atoms with van der Waals surface area (Å²) in [6, 6.07) is 4.61. The lowest BCUT2D eigenvalue weighted by Gasteiger charge is -2.43. The van der Waals surface area contributed by atoms with Crippen molar-refractivity contribution in [1.29, 1.82) is 0 Å². The van der Waals surface area contributed by atoms with Gasteiger partial charge in [-0.15, -0.1) is 0 Å². The average molecular weight is 526 g/mol. The fourth-order valence-corrected chi connectivity index (χ4v) is 5.44. The maximum atomic E-state index is 13.0. The number of hydrogen-bond donors (Lipinski definition) is 5. The van der Waals surface area contributed by atoms with E-state index < -0.39 is 85.8 Å². The van der Waals surface area contributed by atoms with Crippen molar-refractivity contribution in [3.63, 3.8) is 0 Å². The molecule has 0 amide bonds. The fraction of sp³-hybridized carbons (Fsp3) is 0.625. The minimum Gasteiger partial charge on any atom is -0.493 e. The Balaban J connectivity index is 1.34. The summed E-state index contributed by atoms with van der Waals surface area (Å²) in [7, 11) is 2.93. The highest BCUT2D eigenvalue weighted by Crippen LogP contribution is 2.60. The summed E-state index contributed by atoms with van der Waals surface area (Å²) >= 11 is 0. The largest absolute Gasteiger partial charge is 0.493 e. The molecule has 37 heavy (non-hydrogen) atoms. The first kappa shape index (κ1) is 26.1. The van der Waals surface area contributed by atoms with Crippen molar-refractivity contribution in [3.05, 3.63) is 36.1 Å². The van der Waals surface area contributed by atoms with Gasteiger partial charge >= 0.3 is 5.97 Å². The average Bonchev–Trinajstić information content (AvgIpc) is 3.60. The van der Waals surface area contributed by atoms with E-state index in [4.69, 9.17) is 33.2 Å². The number of fused-ring (bicyclic) bond motifs is 3. The number of ether oxygens (including phenoxy) is 7. The summed E-state index contributed by atoms with van der Waals surface area (Å²) in [4.78, 5) is 13.0. The van der Waals surface area contributed by atoms with Crippen molar-refractivity contribution in [2.24, 2.45) is 11.8 Å². The van der Waals surface area contributed by atoms with Gasteiger partial charge in [0.1, 0.15) is 42.2 Å². The van der Waals surface area contributed by atoms with Gasteiger partial charge in [-0.2, -0.15) is 0 Å². The summed E-state index contributed by atoms with van der Waals surface area (Å²) in [6.45, 7) is -1.04. The number of epoxide rings is 1. The number of carbonyl (C=O) groups is 1. The molecule has 13 heteroatoms. The van der Waals surface area contributed by atoms with E-state index in [1.54, 1.807) is 12.1 Å². The maximum Gasteiger partial charge on any atom is 0.338 e. The van der Waals surface area contributed by atoms with Gasteiger partial charge in [-0.25, -0.2) is 4.79 Å². The van der Waals surface area contributed by atoms with Gasteiger partial charge in [-0.3, -0.25) is 0 Å². The number of methoxy groups -OCH3 is 2. The number of aliphatic hydroxyl groups is 5. The van der Waals surface area contributed by atoms with Gasteiger partial charge in [0.15, 0.2) is 17.8 Å². The highest BCUT2D eigenvalue weighted by Gasteiger charge is 2.77. The Morgan fingerprint density at radius 2 is 1.78 bits per heavy atom. The summed E-state index contributed by atoms with van der Waals surface area (Å²) in [6.07, 6.45) is -7.02. The lowest BCUT2D eigenvalue weighted by molar-refractivity contribution is -0.344. The molecule has 5 rings (SSSR count). The summed E-state index contributed by atoms with van der Waals surface area (Å²) < 4.78 is 39.0. The molecule has 3 aliphatic heterocycles. The van der Waals surface area contributed by atoms with Crippen LogP contribution in [0.2, 0.25) is 0 Å². The van der Waals surface area contributed by atoms with E-state index in [0.717, 1.165) is 0 Å². The third kappa shape index (κ3) is 4.25. The summed E-state index contributed by atoms with van der Waals surface area (Å²) in [5.41, 5.74) is -0.918. The van der Waals surface area contributed by atoms with Gasteiger partial charge in [0, 0.05) is 5.92 Å². The SMILES string of the molecule is COc1ccc(C(=O)O[C@H]2[C@@H]3C=CO[C@@H](O[C@H]4O[C@@H](CO)[C@H](O)[C@@H](O)[C@@H]4O)[C@@H]3[C@]3(CO)O[C@H]23)cc1OC. The number of hydrogen-bond acceptors (Lipinski definition) is 13. The zero-order chi connectivity index (χ0) is 26.5. The van der Waals surface area contributed by atoms with Crippen molar-refractivity contribution in [1.82, 2.24) is 0 Å². The van der Waals surface area contributed by atoms with Gasteiger partial charge in [0.2, 0.25) is 6.29 Å². The topological polar surface area (TPSA) is 186 Å². The molecular weight excluding hydrogens is 496 g/mol. The molecule has 4 aliphatic rings. The molecule has 0 bridgehead atoms. The standard InChI is InChI=1S/C24H30O13/c1-31-12-4-3-10(7-13(12)32-2)21(30)35-19-11-5-6-33-22(15(11)24(9-26)20(19)37-24)36-23-18(29)17(28)16(27)14(8-25)34-23/h3-7,11,14-20,22-23,25-29H,8-9H2,1-2H3/t11-,14+,15-,16+,17-,18+,19+,20-,22+,23-,24+/m1/s1. The Morgan fingerprint density at radius 1 is 1.03 bits per heavy atom. The van der Waals surface area contributed by atoms with Crippen molar-refractivity contribution < 1.29 is 63.5 Å². The normalized spacial score (nSPS) is 41.8. The zero-order valence-corrected chi connectivity index (χ0v) is 20.1. The lowest BCUT2D eigenvalue weighted by atomic mass is 9.85. The first-order chi connectivity index (χ1) is 17.8. The smallest absolute Gasteiger partial charge is 0.338 e. The Labute approximate surface area is 211 Å². The van der Waals surface area contributed by atoms with Crippen LogP contribution in [-0.4, -0.2) is 114 Å². The van der Waals surface area contributed by atoms with Gasteiger partial charge in [-0.1, -0.05) is 0 Å². The second-order valence-electron chi connectivity index (χ2n) is 9.36. The van der Waals surface area contributed by atoms with Crippen LogP contribution in [0.25, 0.3) is 0 Å². The lowest BCUT2D eigenvalue weighted by Crippen LogP contribution is -2.60. The van der Waals surface area contributed by atoms with Gasteiger partial charge < -0.3 is 58.7 Å². The van der Waals surface area contributed by atoms with Gasteiger partial charge in [0.05, 0.1) is 45.2 Å². The summed E-state index contributed by atoms with van der Waals surface area (Å²) in [5, 5.41) is 50.2. The van der Waals surface area contributed by atoms with Gasteiger partial charge in [-0.05, 0) is 24.3 Å². The predicted molar refractivity (Wildman–Crippen MR) is 119 cm³/mol. The highest BCUT2D eigenvalue weighted by molar-refractivity contribution is 5.90. The highest BCUT2D eigenvalue weighted by atomic mass is 16.8. The van der Waals surface area contributed by atoms with Crippen molar-refractivity contribution in [3.8, 4) is 11.5 Å². The molecule has 1 aliphatic carbocycles. The second-order valence-corrected chi connectivity index (χ2v) is 9.36. The van der Waals surface area contributed by atoms with Crippen LogP contribution in [0, 0.1) is 11.8 Å². The summed E-state index contributed by atoms with van der Waals surface area (Å²) in [5.74, 6) is -1.00. The molecule has 2 saturated heterocycles. The number of esters is 1. The molecule has 1 aromatic carbocycles. The first-order valence-corrected chi connectivity index (χ1v) is 11.8. The third-order valence-electron chi connectivity index (χ3n) is 7.46. The van der Waals surface area contributed by atoms with Crippen LogP contribution in [0.15, 0.2) is 30.5 Å². The number of carbonyl (C=O) groups excluding carboxylic acids is 1. The monoisotopic (exact) mass is 526 g/mol. The minimum atomic E-state index is -1.65. The number of benzene rings is 1. The zero-order valence-electron chi connectivity index (χ0n) is 20.1. The molecule has 11 atom stereocenters. The van der Waals surface area contributed by atoms with Crippen LogP contribution in [0.5, 0.6) is 11.5 Å². The van der Waals surface area contributed by atoms with E-state index in [1.165, 1.54) is 32.6 Å². The molecule has 3 fully saturated rings. The van der Waals surface area contributed by atoms with Crippen molar-refractivity contribution >= 4 is 5.97 Å². The van der Waals surface area contributed by atoms with E-state index in [0.29, 0.717) is 11.5 Å². The van der Waals surface area contributed by atoms with Crippen molar-refractivity contribution in [2.45, 2.75) is 54.8 Å². The molecule has 13 nitrogen and oxygen atoms in total. The first-order valence-electron chi connectivity index (χ1n) is 11.8. The van der Waals surface area contributed by atoms with E-state index >= 15 is 0 Å². The molecular formula is C24H30O13. The molecule has 3 heterocycles. The van der Waals surface area contributed by atoms with E-state index in [1.807, 2.05) is 0 Å². The maximum absolute atomic E-state index is 13.0. The second kappa shape index (κ2) is 10.0. The van der Waals surface area contributed by atoms with Crippen LogP contribution in [0.1, 0.15) is 10.4 Å². The van der Waals surface area contributed by atoms with Crippen molar-refractivity contribution in [2.75, 3.05) is 27.4 Å². The Morgan fingerprint density at radius 3 is 2.46 bits per heavy atom. The van der Waals surface area contributed by atoms with Crippen LogP contribution in [0.4, 0.5) is 0 Å². The predicted octanol–water partition coefficient (Wildman–Crippen LogP) is -1.71. The van der Waals surface area contributed by atoms with Crippen LogP contribution >= 0.6 is 0 Å². The Kier molecular flexibility index (Phi) is 7.06. The molecule has 0 spiro atoms. The van der Waals surface area contributed by atoms with Crippen LogP contribution < -0.4 is 9.47 Å². The van der Waals surface area contributed by atoms with Crippen LogP contribution in [0.3, 0.4) is 0 Å². The van der Waals surface area contributed by atoms with Gasteiger partial charge in [0.25, 0.3) is 0 Å². The van der Waals surface area contributed by atoms with E-state index in [9.17, 15) is 30.3 Å². The number of aliphatic hydroxyl groups excluding tert-OH is 5. The molecule has 0 aromatic heterocycles. The van der Waals surface area contributed by atoms with E-state index in [2.05, 4.69) is 0 Å². The molecule has 0 radical (unpaired) electrons. The fourth-order valence-electron chi connectivity index (χ4n) is 5.44. The minimum absolute atomic E-state index is 0.224. The Hall–Kier alpha value is -2.49.